The highest BCUT2D eigenvalue weighted by atomic mass is 79.9. The van der Waals surface area contributed by atoms with Crippen molar-refractivity contribution in [1.29, 1.82) is 0 Å². The number of ether oxygens (including phenoxy) is 1. The smallest absolute Gasteiger partial charge is 0.263 e. The lowest BCUT2D eigenvalue weighted by Gasteiger charge is -2.11. The standard InChI is InChI=1S/C13H9BrF3NO3S/c1-21-8-4-2-7(3-5-8)18-22(19,20)10-6-9(15)12(16)13(17)11(10)14/h2-6,18H,1H3. The van der Waals surface area contributed by atoms with Crippen molar-refractivity contribution < 1.29 is 26.3 Å². The quantitative estimate of drug-likeness (QED) is 0.634. The minimum atomic E-state index is -4.31. The lowest BCUT2D eigenvalue weighted by molar-refractivity contribution is 0.415. The van der Waals surface area contributed by atoms with Crippen LogP contribution in [0.3, 0.4) is 0 Å². The van der Waals surface area contributed by atoms with Crippen LogP contribution in [0.15, 0.2) is 39.7 Å². The Bertz CT molecular complexity index is 810. The molecular formula is C13H9BrF3NO3S. The van der Waals surface area contributed by atoms with Crippen LogP contribution in [-0.4, -0.2) is 15.5 Å². The van der Waals surface area contributed by atoms with Gasteiger partial charge in [-0.15, -0.1) is 0 Å². The van der Waals surface area contributed by atoms with Crippen LogP contribution in [0, 0.1) is 17.5 Å². The maximum Gasteiger partial charge on any atom is 0.263 e. The predicted octanol–water partition coefficient (Wildman–Crippen LogP) is 3.68. The Morgan fingerprint density at radius 1 is 1.09 bits per heavy atom. The van der Waals surface area contributed by atoms with Gasteiger partial charge in [-0.1, -0.05) is 0 Å². The molecule has 0 aliphatic carbocycles. The van der Waals surface area contributed by atoms with Crippen LogP contribution in [0.4, 0.5) is 18.9 Å². The topological polar surface area (TPSA) is 55.4 Å². The fourth-order valence-corrected chi connectivity index (χ4v) is 3.68. The molecule has 0 atom stereocenters. The van der Waals surface area contributed by atoms with Crippen molar-refractivity contribution in [3.63, 3.8) is 0 Å². The molecule has 22 heavy (non-hydrogen) atoms. The maximum absolute atomic E-state index is 13.4. The van der Waals surface area contributed by atoms with E-state index >= 15 is 0 Å². The SMILES string of the molecule is COc1ccc(NS(=O)(=O)c2cc(F)c(F)c(F)c2Br)cc1. The molecule has 0 saturated carbocycles. The van der Waals surface area contributed by atoms with Gasteiger partial charge in [0.2, 0.25) is 0 Å². The van der Waals surface area contributed by atoms with Crippen molar-refractivity contribution in [1.82, 2.24) is 0 Å². The van der Waals surface area contributed by atoms with Gasteiger partial charge in [-0.25, -0.2) is 21.6 Å². The van der Waals surface area contributed by atoms with Crippen LogP contribution in [-0.2, 0) is 10.0 Å². The largest absolute Gasteiger partial charge is 0.497 e. The molecule has 0 spiro atoms. The molecule has 2 aromatic carbocycles. The number of benzene rings is 2. The van der Waals surface area contributed by atoms with Crippen LogP contribution in [0.1, 0.15) is 0 Å². The summed E-state index contributed by atoms with van der Waals surface area (Å²) in [7, 11) is -2.86. The zero-order valence-electron chi connectivity index (χ0n) is 11.0. The Hall–Kier alpha value is -1.74. The Kier molecular flexibility index (Phi) is 4.66. The summed E-state index contributed by atoms with van der Waals surface area (Å²) in [5.41, 5.74) is 0.151. The highest BCUT2D eigenvalue weighted by molar-refractivity contribution is 9.10. The summed E-state index contributed by atoms with van der Waals surface area (Å²) in [4.78, 5) is -0.750. The predicted molar refractivity (Wildman–Crippen MR) is 77.8 cm³/mol. The van der Waals surface area contributed by atoms with Crippen LogP contribution >= 0.6 is 15.9 Å². The summed E-state index contributed by atoms with van der Waals surface area (Å²) in [6.07, 6.45) is 0. The molecule has 0 amide bonds. The number of anilines is 1. The van der Waals surface area contributed by atoms with E-state index in [9.17, 15) is 21.6 Å². The van der Waals surface area contributed by atoms with Crippen molar-refractivity contribution in [2.24, 2.45) is 0 Å². The molecule has 4 nitrogen and oxygen atoms in total. The van der Waals surface area contributed by atoms with E-state index in [-0.39, 0.29) is 5.69 Å². The number of rotatable bonds is 4. The van der Waals surface area contributed by atoms with Gasteiger partial charge in [0.1, 0.15) is 10.6 Å². The Morgan fingerprint density at radius 3 is 2.23 bits per heavy atom. The molecular weight excluding hydrogens is 387 g/mol. The summed E-state index contributed by atoms with van der Waals surface area (Å²) >= 11 is 2.62. The van der Waals surface area contributed by atoms with E-state index in [1.54, 1.807) is 0 Å². The fraction of sp³-hybridized carbons (Fsp3) is 0.0769. The van der Waals surface area contributed by atoms with Gasteiger partial charge in [-0.3, -0.25) is 4.72 Å². The summed E-state index contributed by atoms with van der Waals surface area (Å²) in [6, 6.07) is 6.20. The first kappa shape index (κ1) is 16.6. The number of nitrogens with one attached hydrogen (secondary N) is 1. The molecule has 2 aromatic rings. The van der Waals surface area contributed by atoms with Crippen molar-refractivity contribution in [2.45, 2.75) is 4.90 Å². The number of halogens is 4. The van der Waals surface area contributed by atoms with E-state index in [0.29, 0.717) is 11.8 Å². The third kappa shape index (κ3) is 3.20. The molecule has 0 radical (unpaired) electrons. The van der Waals surface area contributed by atoms with Gasteiger partial charge in [0.05, 0.1) is 11.6 Å². The molecule has 0 saturated heterocycles. The highest BCUT2D eigenvalue weighted by Gasteiger charge is 2.25. The second-order valence-corrected chi connectivity index (χ2v) is 6.58. The lowest BCUT2D eigenvalue weighted by atomic mass is 10.3. The molecule has 118 valence electrons. The molecule has 2 rings (SSSR count). The van der Waals surface area contributed by atoms with E-state index in [0.717, 1.165) is 0 Å². The molecule has 9 heteroatoms. The van der Waals surface area contributed by atoms with Crippen LogP contribution in [0.5, 0.6) is 5.75 Å². The maximum atomic E-state index is 13.4. The van der Waals surface area contributed by atoms with Crippen LogP contribution < -0.4 is 9.46 Å². The summed E-state index contributed by atoms with van der Waals surface area (Å²) < 4.78 is 70.4. The van der Waals surface area contributed by atoms with Gasteiger partial charge in [-0.2, -0.15) is 0 Å². The fourth-order valence-electron chi connectivity index (χ4n) is 1.62. The van der Waals surface area contributed by atoms with Crippen molar-refractivity contribution in [3.8, 4) is 5.75 Å². The van der Waals surface area contributed by atoms with E-state index in [2.05, 4.69) is 20.7 Å². The average Bonchev–Trinajstić information content (AvgIpc) is 2.49. The first-order valence-electron chi connectivity index (χ1n) is 5.76. The lowest BCUT2D eigenvalue weighted by Crippen LogP contribution is -2.15. The van der Waals surface area contributed by atoms with E-state index in [1.807, 2.05) is 0 Å². The Labute approximate surface area is 133 Å². The Morgan fingerprint density at radius 2 is 1.68 bits per heavy atom. The third-order valence-corrected chi connectivity index (χ3v) is 5.14. The van der Waals surface area contributed by atoms with Gasteiger partial charge < -0.3 is 4.74 Å². The molecule has 0 aliphatic rings. The molecule has 0 bridgehead atoms. The minimum Gasteiger partial charge on any atom is -0.497 e. The summed E-state index contributed by atoms with van der Waals surface area (Å²) in [6.45, 7) is 0. The van der Waals surface area contributed by atoms with E-state index in [4.69, 9.17) is 4.74 Å². The third-order valence-electron chi connectivity index (χ3n) is 2.70. The zero-order valence-corrected chi connectivity index (χ0v) is 13.4. The van der Waals surface area contributed by atoms with Gasteiger partial charge in [0.15, 0.2) is 17.5 Å². The average molecular weight is 396 g/mol. The number of hydrogen-bond acceptors (Lipinski definition) is 3. The second-order valence-electron chi connectivity index (χ2n) is 4.13. The first-order valence-corrected chi connectivity index (χ1v) is 8.03. The van der Waals surface area contributed by atoms with Crippen LogP contribution in [0.2, 0.25) is 0 Å². The molecule has 0 unspecified atom stereocenters. The van der Waals surface area contributed by atoms with E-state index in [1.165, 1.54) is 31.4 Å². The first-order chi connectivity index (χ1) is 10.3. The number of hydrogen-bond donors (Lipinski definition) is 1. The summed E-state index contributed by atoms with van der Waals surface area (Å²) in [5.74, 6) is -4.47. The van der Waals surface area contributed by atoms with Crippen molar-refractivity contribution >= 4 is 31.6 Å². The minimum absolute atomic E-state index is 0.151. The van der Waals surface area contributed by atoms with Crippen molar-refractivity contribution in [2.75, 3.05) is 11.8 Å². The molecule has 0 aromatic heterocycles. The van der Waals surface area contributed by atoms with Crippen molar-refractivity contribution in [3.05, 3.63) is 52.3 Å². The van der Waals surface area contributed by atoms with Crippen LogP contribution in [0.25, 0.3) is 0 Å². The second kappa shape index (κ2) is 6.17. The molecule has 0 fully saturated rings. The molecule has 1 N–H and O–H groups in total. The highest BCUT2D eigenvalue weighted by Crippen LogP contribution is 2.30. The van der Waals surface area contributed by atoms with Gasteiger partial charge in [0.25, 0.3) is 10.0 Å². The Balaban J connectivity index is 2.42. The molecule has 0 aliphatic heterocycles. The van der Waals surface area contributed by atoms with E-state index < -0.39 is 36.8 Å². The number of methoxy groups -OCH3 is 1. The zero-order chi connectivity index (χ0) is 16.5. The van der Waals surface area contributed by atoms with Gasteiger partial charge in [-0.05, 0) is 46.3 Å². The van der Waals surface area contributed by atoms with Gasteiger partial charge >= 0.3 is 0 Å². The van der Waals surface area contributed by atoms with Gasteiger partial charge in [0, 0.05) is 5.69 Å². The number of sulfonamides is 1. The monoisotopic (exact) mass is 395 g/mol. The normalized spacial score (nSPS) is 11.3. The molecule has 0 heterocycles. The summed E-state index contributed by atoms with van der Waals surface area (Å²) in [5, 5.41) is 0.